The second-order valence-electron chi connectivity index (χ2n) is 5.23. The number of nitrogens with two attached hydrogens (primary N) is 1. The molecule has 1 aliphatic heterocycles. The minimum absolute atomic E-state index is 0.117. The van der Waals surface area contributed by atoms with Gasteiger partial charge in [-0.05, 0) is 25.0 Å². The van der Waals surface area contributed by atoms with E-state index in [9.17, 15) is 4.79 Å². The van der Waals surface area contributed by atoms with Crippen LogP contribution in [0.15, 0.2) is 4.90 Å². The molecule has 0 aromatic carbocycles. The fourth-order valence-electron chi connectivity index (χ4n) is 2.57. The van der Waals surface area contributed by atoms with Gasteiger partial charge < -0.3 is 20.7 Å². The van der Waals surface area contributed by atoms with E-state index in [1.165, 1.54) is 17.8 Å². The number of rotatable bonds is 5. The summed E-state index contributed by atoms with van der Waals surface area (Å²) < 4.78 is 5.54. The van der Waals surface area contributed by atoms with Crippen molar-refractivity contribution in [2.75, 3.05) is 50.7 Å². The minimum atomic E-state index is -0.117. The Hall–Kier alpha value is -0.920. The van der Waals surface area contributed by atoms with E-state index in [2.05, 4.69) is 17.3 Å². The van der Waals surface area contributed by atoms with Crippen LogP contribution < -0.4 is 16.0 Å². The molecule has 1 aromatic heterocycles. The Labute approximate surface area is 134 Å². The predicted molar refractivity (Wildman–Crippen MR) is 90.7 cm³/mol. The van der Waals surface area contributed by atoms with Gasteiger partial charge >= 0.3 is 0 Å². The van der Waals surface area contributed by atoms with Crippen LogP contribution in [0.2, 0.25) is 0 Å². The first kappa shape index (κ1) is 16.5. The lowest BCUT2D eigenvalue weighted by atomic mass is 10.0. The first-order valence-electron chi connectivity index (χ1n) is 7.05. The molecule has 1 unspecified atom stereocenters. The normalized spacial score (nSPS) is 18.5. The van der Waals surface area contributed by atoms with E-state index < -0.39 is 0 Å². The number of carbonyl (C=O) groups excluding carboxylic acids is 1. The Bertz CT molecular complexity index is 499. The van der Waals surface area contributed by atoms with Crippen LogP contribution in [0.3, 0.4) is 0 Å². The monoisotopic (exact) mass is 329 g/mol. The van der Waals surface area contributed by atoms with Crippen molar-refractivity contribution in [2.24, 2.45) is 5.92 Å². The second-order valence-corrected chi connectivity index (χ2v) is 7.04. The zero-order valence-electron chi connectivity index (χ0n) is 12.8. The molecule has 2 rings (SSSR count). The Kier molecular flexibility index (Phi) is 5.78. The molecular formula is C14H23N3O2S2. The van der Waals surface area contributed by atoms with Crippen LogP contribution in [0.1, 0.15) is 22.5 Å². The standard InChI is InChI=1S/C14H23N3O2S2/c1-16-13(18)11-10(15)12(20-3)14(21-11)17(2)7-9-5-4-6-19-8-9/h9H,4-8,15H2,1-3H3,(H,16,18). The number of anilines is 2. The maximum absolute atomic E-state index is 11.9. The van der Waals surface area contributed by atoms with E-state index >= 15 is 0 Å². The van der Waals surface area contributed by atoms with Gasteiger partial charge in [-0.2, -0.15) is 0 Å². The van der Waals surface area contributed by atoms with Crippen molar-refractivity contribution < 1.29 is 9.53 Å². The Balaban J connectivity index is 2.19. The molecule has 5 nitrogen and oxygen atoms in total. The summed E-state index contributed by atoms with van der Waals surface area (Å²) in [5.41, 5.74) is 6.73. The van der Waals surface area contributed by atoms with E-state index in [0.717, 1.165) is 36.1 Å². The number of thioether (sulfide) groups is 1. The van der Waals surface area contributed by atoms with Crippen LogP contribution >= 0.6 is 23.1 Å². The SMILES string of the molecule is CNC(=O)c1sc(N(C)CC2CCCOC2)c(SC)c1N. The third-order valence-corrected chi connectivity index (χ3v) is 5.92. The summed E-state index contributed by atoms with van der Waals surface area (Å²) >= 11 is 3.06. The smallest absolute Gasteiger partial charge is 0.263 e. The highest BCUT2D eigenvalue weighted by Gasteiger charge is 2.24. The van der Waals surface area contributed by atoms with Gasteiger partial charge in [0.25, 0.3) is 5.91 Å². The van der Waals surface area contributed by atoms with Gasteiger partial charge in [0.2, 0.25) is 0 Å². The zero-order valence-corrected chi connectivity index (χ0v) is 14.4. The van der Waals surface area contributed by atoms with Crippen LogP contribution in [-0.2, 0) is 4.74 Å². The molecule has 0 saturated carbocycles. The second kappa shape index (κ2) is 7.38. The van der Waals surface area contributed by atoms with Gasteiger partial charge in [0.05, 0.1) is 17.2 Å². The summed E-state index contributed by atoms with van der Waals surface area (Å²) in [6.45, 7) is 2.63. The van der Waals surface area contributed by atoms with Gasteiger partial charge in [0.1, 0.15) is 9.88 Å². The number of hydrogen-bond donors (Lipinski definition) is 2. The average Bonchev–Trinajstić information content (AvgIpc) is 2.84. The molecule has 1 saturated heterocycles. The fourth-order valence-corrected chi connectivity index (χ4v) is 4.69. The van der Waals surface area contributed by atoms with Crippen molar-refractivity contribution >= 4 is 39.7 Å². The van der Waals surface area contributed by atoms with Gasteiger partial charge in [-0.3, -0.25) is 4.79 Å². The van der Waals surface area contributed by atoms with Gasteiger partial charge in [0, 0.05) is 27.2 Å². The number of nitrogen functional groups attached to an aromatic ring is 1. The molecule has 0 aliphatic carbocycles. The predicted octanol–water partition coefficient (Wildman–Crippen LogP) is 2.27. The summed E-state index contributed by atoms with van der Waals surface area (Å²) in [4.78, 5) is 15.7. The Morgan fingerprint density at radius 2 is 2.38 bits per heavy atom. The van der Waals surface area contributed by atoms with Crippen LogP contribution in [0.25, 0.3) is 0 Å². The summed E-state index contributed by atoms with van der Waals surface area (Å²) in [5, 5.41) is 3.72. The summed E-state index contributed by atoms with van der Waals surface area (Å²) in [6.07, 6.45) is 4.32. The molecule has 1 aromatic rings. The first-order chi connectivity index (χ1) is 10.1. The summed E-state index contributed by atoms with van der Waals surface area (Å²) in [7, 11) is 3.69. The largest absolute Gasteiger partial charge is 0.396 e. The number of ether oxygens (including phenoxy) is 1. The van der Waals surface area contributed by atoms with Gasteiger partial charge in [-0.25, -0.2) is 0 Å². The van der Waals surface area contributed by atoms with Crippen LogP contribution in [0.4, 0.5) is 10.7 Å². The molecule has 0 spiro atoms. The number of nitrogens with zero attached hydrogens (tertiary/aromatic N) is 1. The highest BCUT2D eigenvalue weighted by Crippen LogP contribution is 2.43. The Morgan fingerprint density at radius 1 is 1.62 bits per heavy atom. The van der Waals surface area contributed by atoms with Crippen LogP contribution in [-0.4, -0.2) is 46.0 Å². The van der Waals surface area contributed by atoms with E-state index in [4.69, 9.17) is 10.5 Å². The zero-order chi connectivity index (χ0) is 15.4. The highest BCUT2D eigenvalue weighted by atomic mass is 32.2. The molecule has 1 aliphatic rings. The molecule has 7 heteroatoms. The fraction of sp³-hybridized carbons (Fsp3) is 0.643. The molecule has 1 fully saturated rings. The minimum Gasteiger partial charge on any atom is -0.396 e. The maximum atomic E-state index is 11.9. The molecule has 2 heterocycles. The van der Waals surface area contributed by atoms with Crippen molar-refractivity contribution in [1.82, 2.24) is 5.32 Å². The van der Waals surface area contributed by atoms with Crippen LogP contribution in [0.5, 0.6) is 0 Å². The highest BCUT2D eigenvalue weighted by molar-refractivity contribution is 7.99. The number of hydrogen-bond acceptors (Lipinski definition) is 6. The lowest BCUT2D eigenvalue weighted by molar-refractivity contribution is 0.0576. The van der Waals surface area contributed by atoms with Gasteiger partial charge in [-0.1, -0.05) is 0 Å². The molecule has 118 valence electrons. The van der Waals surface area contributed by atoms with E-state index in [-0.39, 0.29) is 5.91 Å². The third-order valence-electron chi connectivity index (χ3n) is 3.65. The molecule has 0 bridgehead atoms. The van der Waals surface area contributed by atoms with Gasteiger partial charge in [0.15, 0.2) is 0 Å². The van der Waals surface area contributed by atoms with E-state index in [0.29, 0.717) is 16.5 Å². The number of nitrogens with one attached hydrogen (secondary N) is 1. The van der Waals surface area contributed by atoms with Gasteiger partial charge in [-0.15, -0.1) is 23.1 Å². The number of carbonyl (C=O) groups is 1. The summed E-state index contributed by atoms with van der Waals surface area (Å²) in [5.74, 6) is 0.429. The molecule has 0 radical (unpaired) electrons. The number of thiophene rings is 1. The molecule has 1 atom stereocenters. The molecule has 21 heavy (non-hydrogen) atoms. The van der Waals surface area contributed by atoms with Crippen molar-refractivity contribution in [1.29, 1.82) is 0 Å². The first-order valence-corrected chi connectivity index (χ1v) is 9.09. The topological polar surface area (TPSA) is 67.6 Å². The van der Waals surface area contributed by atoms with Crippen molar-refractivity contribution in [3.63, 3.8) is 0 Å². The van der Waals surface area contributed by atoms with E-state index in [1.807, 2.05) is 6.26 Å². The number of amides is 1. The average molecular weight is 329 g/mol. The lowest BCUT2D eigenvalue weighted by Gasteiger charge is -2.28. The Morgan fingerprint density at radius 3 is 2.95 bits per heavy atom. The van der Waals surface area contributed by atoms with Crippen LogP contribution in [0, 0.1) is 5.92 Å². The van der Waals surface area contributed by atoms with Crippen molar-refractivity contribution in [3.8, 4) is 0 Å². The third kappa shape index (κ3) is 3.64. The molecule has 3 N–H and O–H groups in total. The van der Waals surface area contributed by atoms with Crippen molar-refractivity contribution in [3.05, 3.63) is 4.88 Å². The summed E-state index contributed by atoms with van der Waals surface area (Å²) in [6, 6.07) is 0. The molecular weight excluding hydrogens is 306 g/mol. The molecule has 1 amide bonds. The van der Waals surface area contributed by atoms with Crippen molar-refractivity contribution in [2.45, 2.75) is 17.7 Å². The van der Waals surface area contributed by atoms with E-state index in [1.54, 1.807) is 18.8 Å². The quantitative estimate of drug-likeness (QED) is 0.811. The lowest BCUT2D eigenvalue weighted by Crippen LogP contribution is -2.30. The maximum Gasteiger partial charge on any atom is 0.263 e.